The molecule has 1 N–H and O–H groups in total. The van der Waals surface area contributed by atoms with Crippen LogP contribution in [0.15, 0.2) is 0 Å². The van der Waals surface area contributed by atoms with Gasteiger partial charge in [-0.3, -0.25) is 4.79 Å². The minimum absolute atomic E-state index is 0.0410. The number of halogens is 1. The van der Waals surface area contributed by atoms with E-state index in [2.05, 4.69) is 5.32 Å². The third-order valence-electron chi connectivity index (χ3n) is 2.60. The molecule has 15 heavy (non-hydrogen) atoms. The molecule has 1 heterocycles. The van der Waals surface area contributed by atoms with Gasteiger partial charge in [-0.05, 0) is 20.3 Å². The Labute approximate surface area is 95.3 Å². The lowest BCUT2D eigenvalue weighted by molar-refractivity contribution is -0.279. The molecule has 1 amide bonds. The highest BCUT2D eigenvalue weighted by molar-refractivity contribution is 6.27. The summed E-state index contributed by atoms with van der Waals surface area (Å²) in [5.74, 6) is -0.766. The van der Waals surface area contributed by atoms with Crippen LogP contribution in [0.4, 0.5) is 0 Å². The molecular formula is C10H18ClNO3. The number of alkyl halides is 1. The predicted octanol–water partition coefficient (Wildman–Crippen LogP) is 1.27. The summed E-state index contributed by atoms with van der Waals surface area (Å²) in [5, 5.41) is 2.79. The Morgan fingerprint density at radius 3 is 2.33 bits per heavy atom. The maximum Gasteiger partial charge on any atom is 0.235 e. The van der Waals surface area contributed by atoms with Crippen LogP contribution in [0.25, 0.3) is 0 Å². The van der Waals surface area contributed by atoms with Crippen molar-refractivity contribution < 1.29 is 14.3 Å². The SMILES string of the molecule is CCC1(C)OCC(C)(NC(=O)CCl)CO1. The van der Waals surface area contributed by atoms with Crippen molar-refractivity contribution >= 4 is 17.5 Å². The van der Waals surface area contributed by atoms with Crippen LogP contribution in [0.5, 0.6) is 0 Å². The largest absolute Gasteiger partial charge is 0.348 e. The van der Waals surface area contributed by atoms with Crippen LogP contribution in [0.2, 0.25) is 0 Å². The molecule has 0 aromatic carbocycles. The Morgan fingerprint density at radius 1 is 1.40 bits per heavy atom. The lowest BCUT2D eigenvalue weighted by atomic mass is 10.0. The highest BCUT2D eigenvalue weighted by Gasteiger charge is 2.38. The average molecular weight is 236 g/mol. The predicted molar refractivity (Wildman–Crippen MR) is 57.9 cm³/mol. The Balaban J connectivity index is 2.51. The van der Waals surface area contributed by atoms with Gasteiger partial charge in [-0.2, -0.15) is 0 Å². The molecule has 0 saturated carbocycles. The first-order chi connectivity index (χ1) is 6.93. The van der Waals surface area contributed by atoms with Crippen molar-refractivity contribution in [2.45, 2.75) is 38.5 Å². The van der Waals surface area contributed by atoms with Gasteiger partial charge in [0.15, 0.2) is 5.79 Å². The lowest BCUT2D eigenvalue weighted by Crippen LogP contribution is -2.59. The van der Waals surface area contributed by atoms with E-state index in [1.807, 2.05) is 20.8 Å². The van der Waals surface area contributed by atoms with Gasteiger partial charge in [-0.1, -0.05) is 6.92 Å². The first kappa shape index (κ1) is 12.7. The minimum Gasteiger partial charge on any atom is -0.348 e. The second kappa shape index (κ2) is 4.68. The molecule has 88 valence electrons. The van der Waals surface area contributed by atoms with Gasteiger partial charge in [0.1, 0.15) is 5.88 Å². The summed E-state index contributed by atoms with van der Waals surface area (Å²) >= 11 is 5.42. The summed E-state index contributed by atoms with van der Waals surface area (Å²) in [5.41, 5.74) is -0.472. The molecule has 0 bridgehead atoms. The molecule has 1 aliphatic rings. The third kappa shape index (κ3) is 3.33. The zero-order valence-electron chi connectivity index (χ0n) is 9.43. The number of carbonyl (C=O) groups excluding carboxylic acids is 1. The van der Waals surface area contributed by atoms with E-state index in [4.69, 9.17) is 21.1 Å². The maximum absolute atomic E-state index is 11.2. The van der Waals surface area contributed by atoms with Crippen molar-refractivity contribution in [3.8, 4) is 0 Å². The molecular weight excluding hydrogens is 218 g/mol. The first-order valence-electron chi connectivity index (χ1n) is 5.08. The Bertz CT molecular complexity index is 237. The van der Waals surface area contributed by atoms with Crippen LogP contribution < -0.4 is 5.32 Å². The molecule has 1 aliphatic heterocycles. The third-order valence-corrected chi connectivity index (χ3v) is 2.84. The fraction of sp³-hybridized carbons (Fsp3) is 0.900. The van der Waals surface area contributed by atoms with Gasteiger partial charge in [-0.25, -0.2) is 0 Å². The molecule has 0 radical (unpaired) electrons. The van der Waals surface area contributed by atoms with Crippen LogP contribution in [0, 0.1) is 0 Å². The Hall–Kier alpha value is -0.320. The van der Waals surface area contributed by atoms with Crippen molar-refractivity contribution in [1.82, 2.24) is 5.32 Å². The average Bonchev–Trinajstić information content (AvgIpc) is 2.23. The number of rotatable bonds is 3. The van der Waals surface area contributed by atoms with E-state index in [0.717, 1.165) is 6.42 Å². The molecule has 0 aromatic rings. The molecule has 0 unspecified atom stereocenters. The van der Waals surface area contributed by atoms with E-state index < -0.39 is 11.3 Å². The van der Waals surface area contributed by atoms with Crippen molar-refractivity contribution in [2.24, 2.45) is 0 Å². The first-order valence-corrected chi connectivity index (χ1v) is 5.61. The van der Waals surface area contributed by atoms with E-state index in [-0.39, 0.29) is 11.8 Å². The summed E-state index contributed by atoms with van der Waals surface area (Å²) in [4.78, 5) is 11.2. The lowest BCUT2D eigenvalue weighted by Gasteiger charge is -2.43. The van der Waals surface area contributed by atoms with Gasteiger partial charge >= 0.3 is 0 Å². The van der Waals surface area contributed by atoms with Crippen molar-refractivity contribution in [3.63, 3.8) is 0 Å². The summed E-state index contributed by atoms with van der Waals surface area (Å²) in [7, 11) is 0. The van der Waals surface area contributed by atoms with Crippen molar-refractivity contribution in [1.29, 1.82) is 0 Å². The van der Waals surface area contributed by atoms with E-state index >= 15 is 0 Å². The number of nitrogens with one attached hydrogen (secondary N) is 1. The van der Waals surface area contributed by atoms with E-state index in [1.165, 1.54) is 0 Å². The monoisotopic (exact) mass is 235 g/mol. The zero-order valence-corrected chi connectivity index (χ0v) is 10.2. The Morgan fingerprint density at radius 2 is 1.93 bits per heavy atom. The highest BCUT2D eigenvalue weighted by Crippen LogP contribution is 2.26. The minimum atomic E-state index is -0.523. The zero-order chi connectivity index (χ0) is 11.5. The molecule has 0 aliphatic carbocycles. The van der Waals surface area contributed by atoms with Gasteiger partial charge in [0.2, 0.25) is 5.91 Å². The fourth-order valence-corrected chi connectivity index (χ4v) is 1.42. The van der Waals surface area contributed by atoms with Gasteiger partial charge in [-0.15, -0.1) is 11.6 Å². The van der Waals surface area contributed by atoms with Gasteiger partial charge in [0, 0.05) is 0 Å². The smallest absolute Gasteiger partial charge is 0.235 e. The van der Waals surface area contributed by atoms with Gasteiger partial charge < -0.3 is 14.8 Å². The van der Waals surface area contributed by atoms with Crippen LogP contribution in [0.3, 0.4) is 0 Å². The maximum atomic E-state index is 11.2. The second-order valence-corrected chi connectivity index (χ2v) is 4.57. The summed E-state index contributed by atoms with van der Waals surface area (Å²) in [6.07, 6.45) is 0.784. The second-order valence-electron chi connectivity index (χ2n) is 4.31. The summed E-state index contributed by atoms with van der Waals surface area (Å²) in [6, 6.07) is 0. The van der Waals surface area contributed by atoms with E-state index in [1.54, 1.807) is 0 Å². The number of ether oxygens (including phenoxy) is 2. The summed E-state index contributed by atoms with van der Waals surface area (Å²) < 4.78 is 11.2. The van der Waals surface area contributed by atoms with Crippen LogP contribution >= 0.6 is 11.6 Å². The quantitative estimate of drug-likeness (QED) is 0.750. The molecule has 1 rings (SSSR count). The van der Waals surface area contributed by atoms with E-state index in [0.29, 0.717) is 13.2 Å². The molecule has 0 spiro atoms. The summed E-state index contributed by atoms with van der Waals surface area (Å²) in [6.45, 7) is 6.67. The number of amides is 1. The van der Waals surface area contributed by atoms with Gasteiger partial charge in [0.25, 0.3) is 0 Å². The number of hydrogen-bond acceptors (Lipinski definition) is 3. The molecule has 1 saturated heterocycles. The highest BCUT2D eigenvalue weighted by atomic mass is 35.5. The topological polar surface area (TPSA) is 47.6 Å². The van der Waals surface area contributed by atoms with Crippen LogP contribution in [0.1, 0.15) is 27.2 Å². The number of carbonyl (C=O) groups is 1. The molecule has 0 aromatic heterocycles. The molecule has 1 fully saturated rings. The fourth-order valence-electron chi connectivity index (χ4n) is 1.35. The molecule has 4 nitrogen and oxygen atoms in total. The molecule has 5 heteroatoms. The Kier molecular flexibility index (Phi) is 3.98. The number of hydrogen-bond donors (Lipinski definition) is 1. The van der Waals surface area contributed by atoms with E-state index in [9.17, 15) is 4.79 Å². The van der Waals surface area contributed by atoms with Crippen molar-refractivity contribution in [3.05, 3.63) is 0 Å². The molecule has 0 atom stereocenters. The van der Waals surface area contributed by atoms with Crippen LogP contribution in [-0.4, -0.2) is 36.3 Å². The standard InChI is InChI=1S/C10H18ClNO3/c1-4-10(3)14-6-9(2,7-15-10)12-8(13)5-11/h4-7H2,1-3H3,(H,12,13). The normalized spacial score (nSPS) is 36.3. The van der Waals surface area contributed by atoms with Crippen LogP contribution in [-0.2, 0) is 14.3 Å². The van der Waals surface area contributed by atoms with Crippen molar-refractivity contribution in [2.75, 3.05) is 19.1 Å². The van der Waals surface area contributed by atoms with Gasteiger partial charge in [0.05, 0.1) is 18.8 Å².